The van der Waals surface area contributed by atoms with Gasteiger partial charge in [0.05, 0.1) is 6.04 Å². The van der Waals surface area contributed by atoms with Crippen LogP contribution in [0.1, 0.15) is 31.0 Å². The third-order valence-electron chi connectivity index (χ3n) is 3.23. The van der Waals surface area contributed by atoms with Crippen molar-refractivity contribution in [3.63, 3.8) is 0 Å². The molecule has 0 radical (unpaired) electrons. The van der Waals surface area contributed by atoms with Crippen LogP contribution >= 0.6 is 0 Å². The summed E-state index contributed by atoms with van der Waals surface area (Å²) in [6.07, 6.45) is 1.14. The van der Waals surface area contributed by atoms with E-state index in [4.69, 9.17) is 5.73 Å². The summed E-state index contributed by atoms with van der Waals surface area (Å²) >= 11 is 0. The Morgan fingerprint density at radius 1 is 1.33 bits per heavy atom. The molecule has 0 aliphatic carbocycles. The highest BCUT2D eigenvalue weighted by molar-refractivity contribution is 5.34. The van der Waals surface area contributed by atoms with E-state index < -0.39 is 0 Å². The molecular weight excluding hydrogens is 184 g/mol. The van der Waals surface area contributed by atoms with Gasteiger partial charge >= 0.3 is 0 Å². The van der Waals surface area contributed by atoms with E-state index in [1.54, 1.807) is 0 Å². The van der Waals surface area contributed by atoms with Gasteiger partial charge in [-0.15, -0.1) is 0 Å². The topological polar surface area (TPSA) is 29.3 Å². The van der Waals surface area contributed by atoms with Crippen LogP contribution in [0.3, 0.4) is 0 Å². The van der Waals surface area contributed by atoms with Crippen molar-refractivity contribution in [1.82, 2.24) is 4.90 Å². The largest absolute Gasteiger partial charge is 0.324 e. The first-order valence-electron chi connectivity index (χ1n) is 5.57. The number of nitrogens with zero attached hydrogens (tertiary/aromatic N) is 1. The van der Waals surface area contributed by atoms with E-state index in [-0.39, 0.29) is 5.54 Å². The zero-order valence-corrected chi connectivity index (χ0v) is 9.83. The van der Waals surface area contributed by atoms with Crippen molar-refractivity contribution in [2.24, 2.45) is 5.73 Å². The monoisotopic (exact) mass is 204 g/mol. The summed E-state index contributed by atoms with van der Waals surface area (Å²) in [4.78, 5) is 2.36. The minimum Gasteiger partial charge on any atom is -0.324 e. The average Bonchev–Trinajstić information content (AvgIpc) is 2.15. The number of likely N-dealkylation sites (N-methyl/N-ethyl adjacent to an activating group) is 1. The average molecular weight is 204 g/mol. The highest BCUT2D eigenvalue weighted by Crippen LogP contribution is 2.34. The van der Waals surface area contributed by atoms with Gasteiger partial charge in [0.1, 0.15) is 0 Å². The minimum atomic E-state index is -0.189. The van der Waals surface area contributed by atoms with Crippen LogP contribution in [-0.2, 0) is 6.42 Å². The molecule has 0 saturated heterocycles. The van der Waals surface area contributed by atoms with Crippen molar-refractivity contribution in [2.75, 3.05) is 13.6 Å². The van der Waals surface area contributed by atoms with Crippen molar-refractivity contribution < 1.29 is 0 Å². The summed E-state index contributed by atoms with van der Waals surface area (Å²) in [5.74, 6) is 0. The van der Waals surface area contributed by atoms with Crippen LogP contribution in [0.15, 0.2) is 24.3 Å². The number of nitrogens with two attached hydrogens (primary N) is 1. The van der Waals surface area contributed by atoms with Gasteiger partial charge in [-0.05, 0) is 38.4 Å². The molecule has 0 fully saturated rings. The predicted octanol–water partition coefficient (Wildman–Crippen LogP) is 1.95. The second-order valence-corrected chi connectivity index (χ2v) is 5.15. The second kappa shape index (κ2) is 3.62. The molecule has 2 N–H and O–H groups in total. The molecule has 1 aromatic carbocycles. The lowest BCUT2D eigenvalue weighted by Gasteiger charge is -2.42. The number of fused-ring (bicyclic) bond motifs is 1. The molecule has 1 unspecified atom stereocenters. The van der Waals surface area contributed by atoms with Crippen molar-refractivity contribution >= 4 is 0 Å². The molecule has 1 heterocycles. The molecule has 1 aromatic rings. The molecule has 0 bridgehead atoms. The maximum absolute atomic E-state index is 6.27. The van der Waals surface area contributed by atoms with Crippen LogP contribution in [-0.4, -0.2) is 24.0 Å². The molecular formula is C13H20N2. The van der Waals surface area contributed by atoms with Gasteiger partial charge in [0.15, 0.2) is 0 Å². The van der Waals surface area contributed by atoms with E-state index in [2.05, 4.69) is 50.1 Å². The fourth-order valence-corrected chi connectivity index (χ4v) is 2.66. The lowest BCUT2D eigenvalue weighted by Crippen LogP contribution is -2.49. The van der Waals surface area contributed by atoms with Crippen molar-refractivity contribution in [1.29, 1.82) is 0 Å². The van der Waals surface area contributed by atoms with E-state index in [9.17, 15) is 0 Å². The molecule has 2 rings (SSSR count). The molecule has 0 aromatic heterocycles. The summed E-state index contributed by atoms with van der Waals surface area (Å²) in [5.41, 5.74) is 8.94. The summed E-state index contributed by atoms with van der Waals surface area (Å²) in [6.45, 7) is 5.31. The van der Waals surface area contributed by atoms with Crippen LogP contribution in [0, 0.1) is 0 Å². The minimum absolute atomic E-state index is 0.189. The fourth-order valence-electron chi connectivity index (χ4n) is 2.66. The Labute approximate surface area is 92.1 Å². The third-order valence-corrected chi connectivity index (χ3v) is 3.23. The van der Waals surface area contributed by atoms with Gasteiger partial charge in [-0.3, -0.25) is 4.90 Å². The Kier molecular flexibility index (Phi) is 2.57. The van der Waals surface area contributed by atoms with Gasteiger partial charge in [0.25, 0.3) is 0 Å². The Hall–Kier alpha value is -0.860. The fraction of sp³-hybridized carbons (Fsp3) is 0.538. The summed E-state index contributed by atoms with van der Waals surface area (Å²) in [6, 6.07) is 9.00. The smallest absolute Gasteiger partial charge is 0.0522 e. The van der Waals surface area contributed by atoms with E-state index in [0.717, 1.165) is 13.0 Å². The van der Waals surface area contributed by atoms with Gasteiger partial charge in [0.2, 0.25) is 0 Å². The molecule has 0 spiro atoms. The third kappa shape index (κ3) is 1.92. The maximum atomic E-state index is 6.27. The molecule has 0 amide bonds. The van der Waals surface area contributed by atoms with Gasteiger partial charge in [-0.1, -0.05) is 24.3 Å². The van der Waals surface area contributed by atoms with E-state index >= 15 is 0 Å². The Morgan fingerprint density at radius 2 is 2.00 bits per heavy atom. The molecule has 2 heteroatoms. The van der Waals surface area contributed by atoms with Crippen molar-refractivity contribution in [2.45, 2.75) is 31.8 Å². The maximum Gasteiger partial charge on any atom is 0.0522 e. The standard InChI is InChI=1S/C13H20N2/c1-13(2,14)12-11-7-5-4-6-10(11)8-9-15(12)3/h4-7,12H,8-9,14H2,1-3H3. The van der Waals surface area contributed by atoms with Crippen LogP contribution < -0.4 is 5.73 Å². The van der Waals surface area contributed by atoms with Crippen LogP contribution in [0.25, 0.3) is 0 Å². The first-order chi connectivity index (χ1) is 7.00. The Bertz CT molecular complexity index is 352. The van der Waals surface area contributed by atoms with E-state index in [1.165, 1.54) is 11.1 Å². The molecule has 1 atom stereocenters. The van der Waals surface area contributed by atoms with Crippen LogP contribution in [0.2, 0.25) is 0 Å². The SMILES string of the molecule is CN1CCc2ccccc2C1C(C)(C)N. The van der Waals surface area contributed by atoms with Crippen molar-refractivity contribution in [3.8, 4) is 0 Å². The first kappa shape index (κ1) is 10.7. The van der Waals surface area contributed by atoms with Gasteiger partial charge in [-0.25, -0.2) is 0 Å². The summed E-state index contributed by atoms with van der Waals surface area (Å²) in [5, 5.41) is 0. The summed E-state index contributed by atoms with van der Waals surface area (Å²) in [7, 11) is 2.16. The summed E-state index contributed by atoms with van der Waals surface area (Å²) < 4.78 is 0. The quantitative estimate of drug-likeness (QED) is 0.757. The number of hydrogen-bond donors (Lipinski definition) is 1. The van der Waals surface area contributed by atoms with E-state index in [0.29, 0.717) is 6.04 Å². The molecule has 1 aliphatic heterocycles. The van der Waals surface area contributed by atoms with Gasteiger partial charge < -0.3 is 5.73 Å². The zero-order chi connectivity index (χ0) is 11.1. The van der Waals surface area contributed by atoms with Gasteiger partial charge in [-0.2, -0.15) is 0 Å². The van der Waals surface area contributed by atoms with Gasteiger partial charge in [0, 0.05) is 12.1 Å². The Morgan fingerprint density at radius 3 is 2.67 bits per heavy atom. The van der Waals surface area contributed by atoms with Crippen LogP contribution in [0.4, 0.5) is 0 Å². The molecule has 0 saturated carbocycles. The molecule has 15 heavy (non-hydrogen) atoms. The molecule has 1 aliphatic rings. The van der Waals surface area contributed by atoms with E-state index in [1.807, 2.05) is 0 Å². The highest BCUT2D eigenvalue weighted by Gasteiger charge is 2.34. The zero-order valence-electron chi connectivity index (χ0n) is 9.83. The number of hydrogen-bond acceptors (Lipinski definition) is 2. The molecule has 82 valence electrons. The Balaban J connectivity index is 2.46. The molecule has 2 nitrogen and oxygen atoms in total. The van der Waals surface area contributed by atoms with Crippen LogP contribution in [0.5, 0.6) is 0 Å². The number of benzene rings is 1. The lowest BCUT2D eigenvalue weighted by molar-refractivity contribution is 0.158. The lowest BCUT2D eigenvalue weighted by atomic mass is 9.82. The predicted molar refractivity (Wildman–Crippen MR) is 63.8 cm³/mol. The number of rotatable bonds is 1. The normalized spacial score (nSPS) is 22.5. The highest BCUT2D eigenvalue weighted by atomic mass is 15.2. The van der Waals surface area contributed by atoms with Crippen molar-refractivity contribution in [3.05, 3.63) is 35.4 Å². The first-order valence-corrected chi connectivity index (χ1v) is 5.57. The second-order valence-electron chi connectivity index (χ2n) is 5.15.